The molecule has 1 aliphatic heterocycles. The lowest BCUT2D eigenvalue weighted by Gasteiger charge is -2.47. The summed E-state index contributed by atoms with van der Waals surface area (Å²) < 4.78 is 12.3. The van der Waals surface area contributed by atoms with Crippen LogP contribution < -0.4 is 20.6 Å². The molecule has 0 aliphatic carbocycles. The lowest BCUT2D eigenvalue weighted by Crippen LogP contribution is -2.56. The zero-order valence-corrected chi connectivity index (χ0v) is 21.0. The first-order chi connectivity index (χ1) is 15.7. The summed E-state index contributed by atoms with van der Waals surface area (Å²) in [5.74, 6) is -0.196. The van der Waals surface area contributed by atoms with Gasteiger partial charge in [0, 0.05) is 30.2 Å². The Hall–Kier alpha value is -2.99. The standard InChI is InChI=1S/C21H26N6O4SSi/c1-12-7-6-10-33-21(12,3)26(4)14-11-15(31-18(29)16(14)30-5)17(28)23-19-24-25-20(32-19)27-13(2)8-9-22-27/h8-9,11-12H,6-7,10H2,1-5H3,(H,23,24,28)/t12-,21?/m1/s1. The van der Waals surface area contributed by atoms with Crippen LogP contribution in [0.4, 0.5) is 10.8 Å². The number of amides is 1. The third kappa shape index (κ3) is 4.32. The average molecular weight is 487 g/mol. The SMILES string of the molecule is COc1c(N(C)C2(C)[Si]CCC[C@H]2C)cc(C(=O)Nc2nnc(-n3nccc3C)s2)oc1=O. The summed E-state index contributed by atoms with van der Waals surface area (Å²) in [5, 5.41) is 15.6. The highest BCUT2D eigenvalue weighted by Crippen LogP contribution is 2.38. The lowest BCUT2D eigenvalue weighted by atomic mass is 9.95. The predicted molar refractivity (Wildman–Crippen MR) is 127 cm³/mol. The fourth-order valence-corrected chi connectivity index (χ4v) is 6.50. The Morgan fingerprint density at radius 3 is 2.91 bits per heavy atom. The van der Waals surface area contributed by atoms with Gasteiger partial charge in [-0.25, -0.2) is 9.48 Å². The first-order valence-corrected chi connectivity index (χ1v) is 12.6. The van der Waals surface area contributed by atoms with Gasteiger partial charge in [-0.1, -0.05) is 30.7 Å². The van der Waals surface area contributed by atoms with Gasteiger partial charge in [0.25, 0.3) is 5.91 Å². The Kier molecular flexibility index (Phi) is 6.39. The van der Waals surface area contributed by atoms with Crippen LogP contribution in [0.1, 0.15) is 42.9 Å². The molecule has 12 heteroatoms. The molecule has 3 aromatic heterocycles. The van der Waals surface area contributed by atoms with E-state index in [0.717, 1.165) is 18.2 Å². The second-order valence-electron chi connectivity index (χ2n) is 8.22. The van der Waals surface area contributed by atoms with E-state index in [2.05, 4.69) is 39.4 Å². The maximum Gasteiger partial charge on any atom is 0.381 e. The second kappa shape index (κ2) is 9.10. The van der Waals surface area contributed by atoms with Gasteiger partial charge < -0.3 is 14.1 Å². The van der Waals surface area contributed by atoms with Crippen molar-refractivity contribution in [3.63, 3.8) is 0 Å². The van der Waals surface area contributed by atoms with E-state index in [4.69, 9.17) is 9.15 Å². The molecular weight excluding hydrogens is 460 g/mol. The van der Waals surface area contributed by atoms with E-state index in [9.17, 15) is 9.59 Å². The van der Waals surface area contributed by atoms with Crippen molar-refractivity contribution in [2.24, 2.45) is 5.92 Å². The van der Waals surface area contributed by atoms with Gasteiger partial charge in [0.2, 0.25) is 16.0 Å². The van der Waals surface area contributed by atoms with Crippen molar-refractivity contribution in [1.82, 2.24) is 20.0 Å². The maximum absolute atomic E-state index is 12.9. The molecule has 10 nitrogen and oxygen atoms in total. The minimum absolute atomic E-state index is 0.0882. The van der Waals surface area contributed by atoms with Gasteiger partial charge in [0.15, 0.2) is 5.76 Å². The number of carbonyl (C=O) groups excluding carboxylic acids is 1. The zero-order valence-electron chi connectivity index (χ0n) is 19.2. The van der Waals surface area contributed by atoms with E-state index in [1.54, 1.807) is 16.9 Å². The quantitative estimate of drug-likeness (QED) is 0.529. The first kappa shape index (κ1) is 23.2. The van der Waals surface area contributed by atoms with Crippen molar-refractivity contribution < 1.29 is 13.9 Å². The molecule has 1 amide bonds. The van der Waals surface area contributed by atoms with Crippen LogP contribution >= 0.6 is 11.3 Å². The Morgan fingerprint density at radius 1 is 1.45 bits per heavy atom. The van der Waals surface area contributed by atoms with E-state index in [1.807, 2.05) is 20.0 Å². The van der Waals surface area contributed by atoms with Crippen LogP contribution in [-0.2, 0) is 0 Å². The maximum atomic E-state index is 12.9. The molecule has 1 aliphatic rings. The van der Waals surface area contributed by atoms with Gasteiger partial charge in [-0.05, 0) is 32.3 Å². The summed E-state index contributed by atoms with van der Waals surface area (Å²) in [7, 11) is 4.07. The van der Waals surface area contributed by atoms with Crippen molar-refractivity contribution in [3.05, 3.63) is 40.2 Å². The average Bonchev–Trinajstić information content (AvgIpc) is 3.43. The van der Waals surface area contributed by atoms with E-state index in [-0.39, 0.29) is 21.8 Å². The smallest absolute Gasteiger partial charge is 0.381 e. The van der Waals surface area contributed by atoms with Crippen LogP contribution in [0.5, 0.6) is 5.75 Å². The van der Waals surface area contributed by atoms with Crippen LogP contribution in [0.3, 0.4) is 0 Å². The molecule has 1 N–H and O–H groups in total. The second-order valence-corrected chi connectivity index (χ2v) is 11.0. The molecule has 1 fully saturated rings. The molecule has 4 heterocycles. The van der Waals surface area contributed by atoms with Crippen molar-refractivity contribution >= 4 is 37.6 Å². The number of hydrogen-bond donors (Lipinski definition) is 1. The number of rotatable bonds is 6. The summed E-state index contributed by atoms with van der Waals surface area (Å²) in [6, 6.07) is 4.54. The zero-order chi connectivity index (χ0) is 23.8. The Bertz CT molecular complexity index is 1220. The monoisotopic (exact) mass is 486 g/mol. The first-order valence-electron chi connectivity index (χ1n) is 10.6. The molecule has 0 spiro atoms. The molecule has 2 radical (unpaired) electrons. The van der Waals surface area contributed by atoms with Gasteiger partial charge in [-0.15, -0.1) is 10.2 Å². The number of ether oxygens (including phenoxy) is 1. The third-order valence-electron chi connectivity index (χ3n) is 6.28. The minimum Gasteiger partial charge on any atom is -0.488 e. The molecule has 0 bridgehead atoms. The van der Waals surface area contributed by atoms with E-state index < -0.39 is 11.5 Å². The molecule has 33 heavy (non-hydrogen) atoms. The van der Waals surface area contributed by atoms with Crippen LogP contribution in [0.2, 0.25) is 6.04 Å². The summed E-state index contributed by atoms with van der Waals surface area (Å²) in [4.78, 5) is 27.7. The molecular formula is C21H26N6O4SSi. The highest BCUT2D eigenvalue weighted by atomic mass is 32.1. The molecule has 2 atom stereocenters. The Morgan fingerprint density at radius 2 is 2.24 bits per heavy atom. The molecule has 0 saturated carbocycles. The van der Waals surface area contributed by atoms with Gasteiger partial charge >= 0.3 is 5.63 Å². The highest BCUT2D eigenvalue weighted by molar-refractivity contribution is 7.17. The number of nitrogens with one attached hydrogen (secondary N) is 1. The topological polar surface area (TPSA) is 115 Å². The van der Waals surface area contributed by atoms with E-state index in [1.165, 1.54) is 24.9 Å². The summed E-state index contributed by atoms with van der Waals surface area (Å²) in [6.07, 6.45) is 3.97. The lowest BCUT2D eigenvalue weighted by molar-refractivity contribution is 0.0991. The summed E-state index contributed by atoms with van der Waals surface area (Å²) in [6.45, 7) is 6.32. The van der Waals surface area contributed by atoms with Crippen LogP contribution in [0.25, 0.3) is 5.13 Å². The van der Waals surface area contributed by atoms with Gasteiger partial charge in [-0.3, -0.25) is 10.1 Å². The summed E-state index contributed by atoms with van der Waals surface area (Å²) >= 11 is 1.17. The Balaban J connectivity index is 1.63. The van der Waals surface area contributed by atoms with E-state index >= 15 is 0 Å². The number of carbonyl (C=O) groups is 1. The molecule has 3 aromatic rings. The number of aromatic nitrogens is 4. The number of methoxy groups -OCH3 is 1. The fourth-order valence-electron chi connectivity index (χ4n) is 4.00. The van der Waals surface area contributed by atoms with Gasteiger partial charge in [-0.2, -0.15) is 5.10 Å². The fraction of sp³-hybridized carbons (Fsp3) is 0.476. The molecule has 1 saturated heterocycles. The van der Waals surface area contributed by atoms with Crippen LogP contribution in [0.15, 0.2) is 27.5 Å². The normalized spacial score (nSPS) is 20.5. The number of aryl methyl sites for hydroxylation is 1. The predicted octanol–water partition coefficient (Wildman–Crippen LogP) is 2.95. The molecule has 4 rings (SSSR count). The van der Waals surface area contributed by atoms with Crippen molar-refractivity contribution in [2.45, 2.75) is 44.8 Å². The van der Waals surface area contributed by atoms with Crippen molar-refractivity contribution in [2.75, 3.05) is 24.4 Å². The highest BCUT2D eigenvalue weighted by Gasteiger charge is 2.39. The van der Waals surface area contributed by atoms with Crippen LogP contribution in [0, 0.1) is 12.8 Å². The number of anilines is 2. The molecule has 174 valence electrons. The number of nitrogens with zero attached hydrogens (tertiary/aromatic N) is 5. The number of hydrogen-bond acceptors (Lipinski definition) is 9. The molecule has 1 unspecified atom stereocenters. The van der Waals surface area contributed by atoms with Gasteiger partial charge in [0.1, 0.15) is 0 Å². The third-order valence-corrected chi connectivity index (χ3v) is 9.24. The van der Waals surface area contributed by atoms with Crippen molar-refractivity contribution in [3.8, 4) is 10.9 Å². The summed E-state index contributed by atoms with van der Waals surface area (Å²) in [5.41, 5.74) is 0.726. The molecule has 0 aromatic carbocycles. The Labute approximate surface area is 197 Å². The largest absolute Gasteiger partial charge is 0.488 e. The van der Waals surface area contributed by atoms with Crippen LogP contribution in [-0.4, -0.2) is 54.7 Å². The minimum atomic E-state index is -0.701. The van der Waals surface area contributed by atoms with Crippen molar-refractivity contribution in [1.29, 1.82) is 0 Å². The van der Waals surface area contributed by atoms with Gasteiger partial charge in [0.05, 0.1) is 22.3 Å². The van der Waals surface area contributed by atoms with E-state index in [0.29, 0.717) is 26.3 Å².